The minimum atomic E-state index is -0.817. The van der Waals surface area contributed by atoms with Gasteiger partial charge in [-0.1, -0.05) is 31.2 Å². The van der Waals surface area contributed by atoms with Gasteiger partial charge in [-0.15, -0.1) is 0 Å². The zero-order valence-electron chi connectivity index (χ0n) is 8.81. The molecule has 0 saturated carbocycles. The fourth-order valence-electron chi connectivity index (χ4n) is 2.21. The first-order valence-corrected chi connectivity index (χ1v) is 5.28. The van der Waals surface area contributed by atoms with Crippen LogP contribution in [0.3, 0.4) is 0 Å². The largest absolute Gasteiger partial charge is 0.465 e. The average Bonchev–Trinajstić information content (AvgIpc) is 2.27. The Balaban J connectivity index is 2.34. The van der Waals surface area contributed by atoms with Gasteiger partial charge in [0.05, 0.1) is 0 Å². The quantitative estimate of drug-likeness (QED) is 0.765. The van der Waals surface area contributed by atoms with Crippen LogP contribution in [0.5, 0.6) is 0 Å². The third-order valence-corrected chi connectivity index (χ3v) is 3.06. The highest BCUT2D eigenvalue weighted by Gasteiger charge is 2.26. The van der Waals surface area contributed by atoms with Crippen LogP contribution in [-0.4, -0.2) is 22.6 Å². The lowest BCUT2D eigenvalue weighted by molar-refractivity contribution is 0.134. The van der Waals surface area contributed by atoms with Crippen molar-refractivity contribution in [3.8, 4) is 0 Å². The van der Waals surface area contributed by atoms with Crippen LogP contribution >= 0.6 is 0 Å². The van der Waals surface area contributed by atoms with E-state index >= 15 is 0 Å². The Morgan fingerprint density at radius 2 is 2.27 bits per heavy atom. The SMILES string of the molecule is CCC1CN(C(=O)O)Cc2ccccc21. The second-order valence-electron chi connectivity index (χ2n) is 3.97. The number of benzene rings is 1. The summed E-state index contributed by atoms with van der Waals surface area (Å²) in [6.07, 6.45) is 0.170. The van der Waals surface area contributed by atoms with Gasteiger partial charge in [0, 0.05) is 19.0 Å². The molecule has 1 aromatic carbocycles. The highest BCUT2D eigenvalue weighted by atomic mass is 16.4. The second-order valence-corrected chi connectivity index (χ2v) is 3.97. The first-order chi connectivity index (χ1) is 7.22. The zero-order valence-corrected chi connectivity index (χ0v) is 8.81. The van der Waals surface area contributed by atoms with E-state index < -0.39 is 6.09 Å². The molecule has 0 bridgehead atoms. The number of fused-ring (bicyclic) bond motifs is 1. The number of hydrogen-bond donors (Lipinski definition) is 1. The van der Waals surface area contributed by atoms with Crippen molar-refractivity contribution in [1.29, 1.82) is 0 Å². The first-order valence-electron chi connectivity index (χ1n) is 5.28. The third kappa shape index (κ3) is 1.82. The molecule has 0 aromatic heterocycles. The number of nitrogens with zero attached hydrogens (tertiary/aromatic N) is 1. The molecule has 15 heavy (non-hydrogen) atoms. The topological polar surface area (TPSA) is 40.5 Å². The number of carbonyl (C=O) groups is 1. The molecular weight excluding hydrogens is 190 g/mol. The lowest BCUT2D eigenvalue weighted by atomic mass is 9.88. The summed E-state index contributed by atoms with van der Waals surface area (Å²) in [5, 5.41) is 9.00. The molecule has 0 radical (unpaired) electrons. The lowest BCUT2D eigenvalue weighted by Crippen LogP contribution is -2.37. The van der Waals surface area contributed by atoms with Crippen molar-refractivity contribution < 1.29 is 9.90 Å². The summed E-state index contributed by atoms with van der Waals surface area (Å²) >= 11 is 0. The van der Waals surface area contributed by atoms with E-state index in [0.29, 0.717) is 19.0 Å². The molecule has 1 N–H and O–H groups in total. The van der Waals surface area contributed by atoms with Crippen molar-refractivity contribution in [3.63, 3.8) is 0 Å². The van der Waals surface area contributed by atoms with E-state index in [-0.39, 0.29) is 0 Å². The Kier molecular flexibility index (Phi) is 2.62. The molecule has 80 valence electrons. The number of carboxylic acid groups (broad SMARTS) is 1. The predicted octanol–water partition coefficient (Wildman–Crippen LogP) is 2.67. The molecule has 0 fully saturated rings. The maximum absolute atomic E-state index is 11.0. The van der Waals surface area contributed by atoms with Crippen LogP contribution in [0.2, 0.25) is 0 Å². The van der Waals surface area contributed by atoms with Gasteiger partial charge in [-0.3, -0.25) is 0 Å². The summed E-state index contributed by atoms with van der Waals surface area (Å²) in [6, 6.07) is 8.13. The van der Waals surface area contributed by atoms with E-state index in [2.05, 4.69) is 13.0 Å². The van der Waals surface area contributed by atoms with Crippen molar-refractivity contribution in [1.82, 2.24) is 4.90 Å². The van der Waals surface area contributed by atoms with Gasteiger partial charge in [0.15, 0.2) is 0 Å². The van der Waals surface area contributed by atoms with Gasteiger partial charge in [0.2, 0.25) is 0 Å². The summed E-state index contributed by atoms with van der Waals surface area (Å²) in [6.45, 7) is 3.26. The first kappa shape index (κ1) is 10.0. The second kappa shape index (κ2) is 3.93. The Morgan fingerprint density at radius 3 is 2.93 bits per heavy atom. The molecule has 0 spiro atoms. The molecule has 1 aliphatic rings. The Hall–Kier alpha value is -1.51. The van der Waals surface area contributed by atoms with Crippen molar-refractivity contribution in [2.75, 3.05) is 6.54 Å². The molecule has 1 atom stereocenters. The van der Waals surface area contributed by atoms with Gasteiger partial charge in [-0.25, -0.2) is 4.79 Å². The molecule has 1 aromatic rings. The van der Waals surface area contributed by atoms with Crippen LogP contribution in [0, 0.1) is 0 Å². The summed E-state index contributed by atoms with van der Waals surface area (Å²) in [7, 11) is 0. The minimum Gasteiger partial charge on any atom is -0.465 e. The molecule has 1 unspecified atom stereocenters. The fourth-order valence-corrected chi connectivity index (χ4v) is 2.21. The van der Waals surface area contributed by atoms with Crippen LogP contribution in [0.1, 0.15) is 30.4 Å². The van der Waals surface area contributed by atoms with E-state index in [0.717, 1.165) is 12.0 Å². The lowest BCUT2D eigenvalue weighted by Gasteiger charge is -2.32. The molecule has 2 rings (SSSR count). The molecule has 1 heterocycles. The van der Waals surface area contributed by atoms with Crippen LogP contribution < -0.4 is 0 Å². The summed E-state index contributed by atoms with van der Waals surface area (Å²) in [5.74, 6) is 0.353. The number of hydrogen-bond acceptors (Lipinski definition) is 1. The number of rotatable bonds is 1. The standard InChI is InChI=1S/C12H15NO2/c1-2-9-7-13(12(14)15)8-10-5-3-4-6-11(9)10/h3-6,9H,2,7-8H2,1H3,(H,14,15). The van der Waals surface area contributed by atoms with Crippen molar-refractivity contribution in [2.24, 2.45) is 0 Å². The smallest absolute Gasteiger partial charge is 0.407 e. The normalized spacial score (nSPS) is 19.8. The molecule has 0 aliphatic carbocycles. The summed E-state index contributed by atoms with van der Waals surface area (Å²) in [5.41, 5.74) is 2.47. The fraction of sp³-hybridized carbons (Fsp3) is 0.417. The monoisotopic (exact) mass is 205 g/mol. The van der Waals surface area contributed by atoms with E-state index in [1.807, 2.05) is 18.2 Å². The summed E-state index contributed by atoms with van der Waals surface area (Å²) < 4.78 is 0. The molecule has 3 heteroatoms. The van der Waals surface area contributed by atoms with Crippen LogP contribution in [-0.2, 0) is 6.54 Å². The van der Waals surface area contributed by atoms with Gasteiger partial charge in [0.25, 0.3) is 0 Å². The van der Waals surface area contributed by atoms with Crippen LogP contribution in [0.15, 0.2) is 24.3 Å². The van der Waals surface area contributed by atoms with Crippen LogP contribution in [0.4, 0.5) is 4.79 Å². The van der Waals surface area contributed by atoms with Gasteiger partial charge in [-0.05, 0) is 17.5 Å². The van der Waals surface area contributed by atoms with Crippen LogP contribution in [0.25, 0.3) is 0 Å². The maximum atomic E-state index is 11.0. The van der Waals surface area contributed by atoms with Gasteiger partial charge in [0.1, 0.15) is 0 Å². The third-order valence-electron chi connectivity index (χ3n) is 3.06. The molecule has 1 aliphatic heterocycles. The van der Waals surface area contributed by atoms with Crippen molar-refractivity contribution >= 4 is 6.09 Å². The highest BCUT2D eigenvalue weighted by Crippen LogP contribution is 2.30. The molecule has 3 nitrogen and oxygen atoms in total. The van der Waals surface area contributed by atoms with E-state index in [9.17, 15) is 4.79 Å². The van der Waals surface area contributed by atoms with E-state index in [4.69, 9.17) is 5.11 Å². The maximum Gasteiger partial charge on any atom is 0.407 e. The zero-order chi connectivity index (χ0) is 10.8. The molecule has 0 saturated heterocycles. The highest BCUT2D eigenvalue weighted by molar-refractivity contribution is 5.65. The summed E-state index contributed by atoms with van der Waals surface area (Å²) in [4.78, 5) is 12.4. The van der Waals surface area contributed by atoms with E-state index in [1.165, 1.54) is 10.5 Å². The Labute approximate surface area is 89.3 Å². The Morgan fingerprint density at radius 1 is 1.53 bits per heavy atom. The average molecular weight is 205 g/mol. The number of amides is 1. The minimum absolute atomic E-state index is 0.353. The van der Waals surface area contributed by atoms with Gasteiger partial charge >= 0.3 is 6.09 Å². The van der Waals surface area contributed by atoms with E-state index in [1.54, 1.807) is 0 Å². The van der Waals surface area contributed by atoms with Gasteiger partial charge in [-0.2, -0.15) is 0 Å². The van der Waals surface area contributed by atoms with Crippen molar-refractivity contribution in [2.45, 2.75) is 25.8 Å². The molecular formula is C12H15NO2. The molecule has 1 amide bonds. The Bertz CT molecular complexity index is 376. The predicted molar refractivity (Wildman–Crippen MR) is 57.9 cm³/mol. The van der Waals surface area contributed by atoms with Gasteiger partial charge < -0.3 is 10.0 Å². The van der Waals surface area contributed by atoms with Crippen molar-refractivity contribution in [3.05, 3.63) is 35.4 Å².